The Kier molecular flexibility index (Phi) is 6.89. The molecule has 0 aliphatic carbocycles. The van der Waals surface area contributed by atoms with Crippen LogP contribution in [0.4, 0.5) is 5.69 Å². The molecule has 0 spiro atoms. The molecule has 8 nitrogen and oxygen atoms in total. The predicted octanol–water partition coefficient (Wildman–Crippen LogP) is 3.18. The van der Waals surface area contributed by atoms with Crippen LogP contribution < -0.4 is 4.74 Å². The molecule has 0 radical (unpaired) electrons. The van der Waals surface area contributed by atoms with Crippen LogP contribution in [0.1, 0.15) is 15.9 Å². The number of rotatable bonds is 7. The third-order valence-corrected chi connectivity index (χ3v) is 4.49. The number of esters is 1. The molecule has 27 heavy (non-hydrogen) atoms. The Bertz CT molecular complexity index is 871. The van der Waals surface area contributed by atoms with Crippen LogP contribution in [-0.2, 0) is 16.1 Å². The first kappa shape index (κ1) is 20.4. The smallest absolute Gasteiger partial charge is 0.338 e. The number of carbonyl (C=O) groups excluding carboxylic acids is 2. The number of nitrogens with zero attached hydrogens (tertiary/aromatic N) is 2. The van der Waals surface area contributed by atoms with E-state index in [1.54, 1.807) is 7.05 Å². The summed E-state index contributed by atoms with van der Waals surface area (Å²) < 4.78 is 10.7. The largest absolute Gasteiger partial charge is 0.477 e. The summed E-state index contributed by atoms with van der Waals surface area (Å²) in [4.78, 5) is 35.8. The molecule has 0 aliphatic rings. The first-order chi connectivity index (χ1) is 12.8. The van der Waals surface area contributed by atoms with Crippen molar-refractivity contribution in [1.82, 2.24) is 4.90 Å². The van der Waals surface area contributed by atoms with Gasteiger partial charge in [-0.05, 0) is 23.8 Å². The maximum atomic E-state index is 12.3. The fourth-order valence-corrected chi connectivity index (χ4v) is 2.66. The Hall–Kier alpha value is -2.94. The number of halogens is 1. The molecule has 1 amide bonds. The van der Waals surface area contributed by atoms with E-state index >= 15 is 0 Å². The van der Waals surface area contributed by atoms with Gasteiger partial charge in [0.25, 0.3) is 5.91 Å². The third-order valence-electron chi connectivity index (χ3n) is 3.72. The average molecular weight is 437 g/mol. The molecule has 142 valence electrons. The number of hydrogen-bond acceptors (Lipinski definition) is 6. The molecule has 2 aromatic rings. The highest BCUT2D eigenvalue weighted by Gasteiger charge is 2.21. The van der Waals surface area contributed by atoms with Crippen molar-refractivity contribution in [2.45, 2.75) is 6.54 Å². The molecule has 0 fully saturated rings. The number of nitro groups is 1. The molecule has 0 unspecified atom stereocenters. The Morgan fingerprint density at radius 2 is 1.93 bits per heavy atom. The molecule has 0 heterocycles. The molecule has 0 aromatic heterocycles. The minimum absolute atomic E-state index is 0.0222. The lowest BCUT2D eigenvalue weighted by Crippen LogP contribution is -2.31. The second-order valence-electron chi connectivity index (χ2n) is 5.56. The summed E-state index contributed by atoms with van der Waals surface area (Å²) in [5.74, 6) is -1.15. The second-order valence-corrected chi connectivity index (χ2v) is 6.42. The van der Waals surface area contributed by atoms with Crippen LogP contribution in [0.5, 0.6) is 5.75 Å². The number of hydrogen-bond donors (Lipinski definition) is 0. The van der Waals surface area contributed by atoms with Crippen LogP contribution in [0, 0.1) is 10.1 Å². The fourth-order valence-electron chi connectivity index (χ4n) is 2.25. The molecule has 2 aromatic carbocycles. The number of amides is 1. The third kappa shape index (κ3) is 5.27. The molecule has 0 aliphatic heterocycles. The molecule has 0 bridgehead atoms. The lowest BCUT2D eigenvalue weighted by atomic mass is 10.2. The summed E-state index contributed by atoms with van der Waals surface area (Å²) in [5.41, 5.74) is 0.523. The number of ether oxygens (including phenoxy) is 2. The van der Waals surface area contributed by atoms with E-state index in [4.69, 9.17) is 4.74 Å². The SMILES string of the molecule is COC(=O)c1ccc(OCC(=O)N(C)Cc2ccccc2Br)c([N+](=O)[O-])c1. The van der Waals surface area contributed by atoms with Gasteiger partial charge in [-0.25, -0.2) is 4.79 Å². The van der Waals surface area contributed by atoms with E-state index in [-0.39, 0.29) is 23.8 Å². The van der Waals surface area contributed by atoms with Crippen LogP contribution in [0.3, 0.4) is 0 Å². The van der Waals surface area contributed by atoms with E-state index in [1.807, 2.05) is 24.3 Å². The van der Waals surface area contributed by atoms with Crippen molar-refractivity contribution in [2.75, 3.05) is 20.8 Å². The van der Waals surface area contributed by atoms with Crippen molar-refractivity contribution >= 4 is 33.5 Å². The number of methoxy groups -OCH3 is 1. The Morgan fingerprint density at radius 3 is 2.56 bits per heavy atom. The molecule has 0 saturated carbocycles. The number of carbonyl (C=O) groups is 2. The van der Waals surface area contributed by atoms with Crippen molar-refractivity contribution in [3.63, 3.8) is 0 Å². The van der Waals surface area contributed by atoms with E-state index in [0.29, 0.717) is 6.54 Å². The van der Waals surface area contributed by atoms with Crippen molar-refractivity contribution in [2.24, 2.45) is 0 Å². The van der Waals surface area contributed by atoms with Gasteiger partial charge in [0.15, 0.2) is 12.4 Å². The Morgan fingerprint density at radius 1 is 1.22 bits per heavy atom. The summed E-state index contributed by atoms with van der Waals surface area (Å²) in [6, 6.07) is 11.1. The van der Waals surface area contributed by atoms with Crippen LogP contribution in [0.2, 0.25) is 0 Å². The minimum Gasteiger partial charge on any atom is -0.477 e. The second kappa shape index (κ2) is 9.13. The molecule has 0 atom stereocenters. The highest BCUT2D eigenvalue weighted by Crippen LogP contribution is 2.28. The zero-order valence-electron chi connectivity index (χ0n) is 14.7. The highest BCUT2D eigenvalue weighted by molar-refractivity contribution is 9.10. The van der Waals surface area contributed by atoms with Gasteiger partial charge in [0, 0.05) is 24.1 Å². The van der Waals surface area contributed by atoms with E-state index in [2.05, 4.69) is 20.7 Å². The van der Waals surface area contributed by atoms with E-state index < -0.39 is 16.6 Å². The molecular formula is C18H17BrN2O6. The average Bonchev–Trinajstić information content (AvgIpc) is 2.66. The first-order valence-corrected chi connectivity index (χ1v) is 8.59. The van der Waals surface area contributed by atoms with Gasteiger partial charge >= 0.3 is 11.7 Å². The maximum Gasteiger partial charge on any atom is 0.338 e. The van der Waals surface area contributed by atoms with Gasteiger partial charge < -0.3 is 14.4 Å². The van der Waals surface area contributed by atoms with Gasteiger partial charge in [-0.3, -0.25) is 14.9 Å². The first-order valence-electron chi connectivity index (χ1n) is 7.80. The molecule has 0 N–H and O–H groups in total. The normalized spacial score (nSPS) is 10.2. The van der Waals surface area contributed by atoms with Gasteiger partial charge in [0.1, 0.15) is 0 Å². The van der Waals surface area contributed by atoms with Crippen molar-refractivity contribution in [1.29, 1.82) is 0 Å². The number of likely N-dealkylation sites (N-methyl/N-ethyl adjacent to an activating group) is 1. The standard InChI is InChI=1S/C18H17BrN2O6/c1-20(10-13-5-3-4-6-14(13)19)17(22)11-27-16-8-7-12(18(23)26-2)9-15(16)21(24)25/h3-9H,10-11H2,1-2H3. The zero-order valence-corrected chi connectivity index (χ0v) is 16.3. The van der Waals surface area contributed by atoms with Crippen molar-refractivity contribution in [3.8, 4) is 5.75 Å². The van der Waals surface area contributed by atoms with Gasteiger partial charge in [-0.15, -0.1) is 0 Å². The highest BCUT2D eigenvalue weighted by atomic mass is 79.9. The number of benzene rings is 2. The lowest BCUT2D eigenvalue weighted by Gasteiger charge is -2.18. The van der Waals surface area contributed by atoms with Gasteiger partial charge in [-0.1, -0.05) is 34.1 Å². The quantitative estimate of drug-likeness (QED) is 0.375. The Labute approximate surface area is 164 Å². The molecule has 2 rings (SSSR count). The van der Waals surface area contributed by atoms with Crippen molar-refractivity contribution in [3.05, 3.63) is 68.2 Å². The Balaban J connectivity index is 2.06. The van der Waals surface area contributed by atoms with E-state index in [0.717, 1.165) is 16.1 Å². The van der Waals surface area contributed by atoms with Gasteiger partial charge in [-0.2, -0.15) is 0 Å². The van der Waals surface area contributed by atoms with E-state index in [1.165, 1.54) is 24.1 Å². The summed E-state index contributed by atoms with van der Waals surface area (Å²) >= 11 is 3.42. The predicted molar refractivity (Wildman–Crippen MR) is 101 cm³/mol. The van der Waals surface area contributed by atoms with Crippen LogP contribution >= 0.6 is 15.9 Å². The van der Waals surface area contributed by atoms with Crippen LogP contribution in [0.15, 0.2) is 46.9 Å². The summed E-state index contributed by atoms with van der Waals surface area (Å²) in [6.07, 6.45) is 0. The fraction of sp³-hybridized carbons (Fsp3) is 0.222. The summed E-state index contributed by atoms with van der Waals surface area (Å²) in [6.45, 7) is -0.0215. The van der Waals surface area contributed by atoms with Crippen LogP contribution in [0.25, 0.3) is 0 Å². The summed E-state index contributed by atoms with van der Waals surface area (Å²) in [5, 5.41) is 11.2. The van der Waals surface area contributed by atoms with Gasteiger partial charge in [0.2, 0.25) is 0 Å². The zero-order chi connectivity index (χ0) is 20.0. The molecule has 9 heteroatoms. The maximum absolute atomic E-state index is 12.3. The van der Waals surface area contributed by atoms with E-state index in [9.17, 15) is 19.7 Å². The van der Waals surface area contributed by atoms with Crippen LogP contribution in [-0.4, -0.2) is 42.5 Å². The van der Waals surface area contributed by atoms with Gasteiger partial charge in [0.05, 0.1) is 17.6 Å². The molecule has 0 saturated heterocycles. The molecular weight excluding hydrogens is 420 g/mol. The summed E-state index contributed by atoms with van der Waals surface area (Å²) in [7, 11) is 2.79. The monoisotopic (exact) mass is 436 g/mol. The minimum atomic E-state index is -0.700. The number of nitro benzene ring substituents is 1. The van der Waals surface area contributed by atoms with Crippen molar-refractivity contribution < 1.29 is 24.0 Å². The topological polar surface area (TPSA) is 99.0 Å². The lowest BCUT2D eigenvalue weighted by molar-refractivity contribution is -0.385.